The number of anilines is 1. The monoisotopic (exact) mass is 401 g/mol. The molecule has 2 fully saturated rings. The second kappa shape index (κ2) is 5.33. The highest BCUT2D eigenvalue weighted by atomic mass is 79.9. The molecule has 0 spiro atoms. The Kier molecular flexibility index (Phi) is 3.58. The molecule has 0 aromatic heterocycles. The number of rotatable bonds is 2. The third-order valence-electron chi connectivity index (χ3n) is 5.40. The van der Waals surface area contributed by atoms with Crippen molar-refractivity contribution < 1.29 is 22.7 Å². The Morgan fingerprint density at radius 1 is 1.25 bits per heavy atom. The van der Waals surface area contributed by atoms with Crippen LogP contribution in [0.2, 0.25) is 0 Å². The minimum Gasteiger partial charge on any atom is -0.361 e. The van der Waals surface area contributed by atoms with Crippen LogP contribution in [-0.2, 0) is 15.7 Å². The quantitative estimate of drug-likeness (QED) is 0.694. The van der Waals surface area contributed by atoms with Crippen molar-refractivity contribution in [1.29, 1.82) is 0 Å². The average Bonchev–Trinajstić information content (AvgIpc) is 3.19. The molecule has 1 heterocycles. The summed E-state index contributed by atoms with van der Waals surface area (Å²) in [7, 11) is 1.51. The summed E-state index contributed by atoms with van der Waals surface area (Å²) >= 11 is 2.94. The predicted octanol–water partition coefficient (Wildman–Crippen LogP) is 4.23. The lowest BCUT2D eigenvalue weighted by Gasteiger charge is -2.29. The lowest BCUT2D eigenvalue weighted by Crippen LogP contribution is -2.38. The molecule has 4 rings (SSSR count). The van der Waals surface area contributed by atoms with Crippen molar-refractivity contribution in [2.45, 2.75) is 18.8 Å². The van der Waals surface area contributed by atoms with Crippen LogP contribution in [-0.4, -0.2) is 19.2 Å². The molecule has 1 aliphatic heterocycles. The van der Waals surface area contributed by atoms with Crippen LogP contribution in [0.1, 0.15) is 12.0 Å². The molecule has 7 heteroatoms. The van der Waals surface area contributed by atoms with Gasteiger partial charge in [-0.25, -0.2) is 0 Å². The number of hydrogen-bond acceptors (Lipinski definition) is 2. The predicted molar refractivity (Wildman–Crippen MR) is 85.1 cm³/mol. The number of methoxy groups -OCH3 is 1. The van der Waals surface area contributed by atoms with Crippen LogP contribution in [0.25, 0.3) is 0 Å². The highest BCUT2D eigenvalue weighted by molar-refractivity contribution is 9.10. The number of benzene rings is 1. The van der Waals surface area contributed by atoms with E-state index in [0.717, 1.165) is 12.5 Å². The summed E-state index contributed by atoms with van der Waals surface area (Å²) in [5.74, 6) is 0.113. The summed E-state index contributed by atoms with van der Waals surface area (Å²) in [5.41, 5.74) is -0.558. The van der Waals surface area contributed by atoms with Gasteiger partial charge in [0.15, 0.2) is 0 Å². The first-order chi connectivity index (χ1) is 11.3. The van der Waals surface area contributed by atoms with E-state index in [1.807, 2.05) is 0 Å². The molecule has 3 nitrogen and oxygen atoms in total. The molecular formula is C17H15BrF3NO2. The van der Waals surface area contributed by atoms with Crippen molar-refractivity contribution in [3.05, 3.63) is 40.4 Å². The van der Waals surface area contributed by atoms with Gasteiger partial charge in [0.25, 0.3) is 0 Å². The van der Waals surface area contributed by atoms with Crippen molar-refractivity contribution >= 4 is 27.5 Å². The third kappa shape index (κ3) is 2.17. The fourth-order valence-electron chi connectivity index (χ4n) is 4.47. The Labute approximate surface area is 145 Å². The molecule has 5 atom stereocenters. The minimum absolute atomic E-state index is 0.00971. The van der Waals surface area contributed by atoms with Crippen LogP contribution >= 0.6 is 15.9 Å². The van der Waals surface area contributed by atoms with E-state index < -0.39 is 18.0 Å². The van der Waals surface area contributed by atoms with Crippen LogP contribution in [0.4, 0.5) is 18.9 Å². The van der Waals surface area contributed by atoms with Crippen LogP contribution in [0, 0.1) is 23.7 Å². The summed E-state index contributed by atoms with van der Waals surface area (Å²) in [6.45, 7) is 0. The Morgan fingerprint density at radius 2 is 1.96 bits per heavy atom. The van der Waals surface area contributed by atoms with Crippen LogP contribution in [0.3, 0.4) is 0 Å². The van der Waals surface area contributed by atoms with Crippen molar-refractivity contribution in [2.24, 2.45) is 23.7 Å². The lowest BCUT2D eigenvalue weighted by molar-refractivity contribution is -0.138. The van der Waals surface area contributed by atoms with Gasteiger partial charge in [0, 0.05) is 23.2 Å². The number of amides is 1. The number of alkyl halides is 3. The summed E-state index contributed by atoms with van der Waals surface area (Å²) in [6.07, 6.45) is 0.0873. The van der Waals surface area contributed by atoms with Crippen molar-refractivity contribution in [2.75, 3.05) is 12.0 Å². The van der Waals surface area contributed by atoms with E-state index in [2.05, 4.69) is 28.1 Å². The fraction of sp³-hybridized carbons (Fsp3) is 0.471. The number of carbonyl (C=O) groups excluding carboxylic acids is 1. The molecule has 0 N–H and O–H groups in total. The van der Waals surface area contributed by atoms with Crippen molar-refractivity contribution in [3.63, 3.8) is 0 Å². The maximum Gasteiger partial charge on any atom is 0.417 e. The smallest absolute Gasteiger partial charge is 0.361 e. The van der Waals surface area contributed by atoms with Gasteiger partial charge < -0.3 is 4.74 Å². The molecule has 1 aromatic carbocycles. The largest absolute Gasteiger partial charge is 0.417 e. The van der Waals surface area contributed by atoms with Gasteiger partial charge in [0.05, 0.1) is 11.5 Å². The normalized spacial score (nSPS) is 34.3. The molecule has 1 amide bonds. The zero-order valence-electron chi connectivity index (χ0n) is 12.8. The van der Waals surface area contributed by atoms with Gasteiger partial charge in [-0.3, -0.25) is 9.69 Å². The first kappa shape index (κ1) is 16.1. The highest BCUT2D eigenvalue weighted by Gasteiger charge is 2.60. The van der Waals surface area contributed by atoms with E-state index >= 15 is 0 Å². The van der Waals surface area contributed by atoms with E-state index in [4.69, 9.17) is 4.74 Å². The number of hydrogen-bond donors (Lipinski definition) is 0. The maximum absolute atomic E-state index is 13.2. The Hall–Kier alpha value is -1.34. The van der Waals surface area contributed by atoms with Gasteiger partial charge >= 0.3 is 6.18 Å². The first-order valence-corrected chi connectivity index (χ1v) is 8.53. The van der Waals surface area contributed by atoms with Gasteiger partial charge in [0.2, 0.25) is 5.91 Å². The summed E-state index contributed by atoms with van der Waals surface area (Å²) in [4.78, 5) is 14.3. The fourth-order valence-corrected chi connectivity index (χ4v) is 4.94. The van der Waals surface area contributed by atoms with E-state index in [0.29, 0.717) is 0 Å². The number of halogens is 4. The van der Waals surface area contributed by atoms with E-state index in [1.165, 1.54) is 24.1 Å². The molecule has 2 aliphatic carbocycles. The molecule has 5 unspecified atom stereocenters. The molecule has 0 radical (unpaired) electrons. The van der Waals surface area contributed by atoms with Gasteiger partial charge in [-0.15, -0.1) is 0 Å². The summed E-state index contributed by atoms with van der Waals surface area (Å²) in [6, 6.07) is 3.88. The molecular weight excluding hydrogens is 387 g/mol. The van der Waals surface area contributed by atoms with Crippen LogP contribution < -0.4 is 4.90 Å². The molecule has 1 saturated heterocycles. The zero-order valence-corrected chi connectivity index (χ0v) is 14.3. The Balaban J connectivity index is 1.76. The molecule has 1 aromatic rings. The van der Waals surface area contributed by atoms with Gasteiger partial charge in [-0.2, -0.15) is 13.2 Å². The number of allylic oxidation sites excluding steroid dienone is 2. The molecule has 3 aliphatic rings. The van der Waals surface area contributed by atoms with E-state index in [-0.39, 0.29) is 39.7 Å². The molecule has 2 bridgehead atoms. The average molecular weight is 402 g/mol. The summed E-state index contributed by atoms with van der Waals surface area (Å²) in [5, 5.41) is 0. The van der Waals surface area contributed by atoms with Crippen molar-refractivity contribution in [3.8, 4) is 0 Å². The highest BCUT2D eigenvalue weighted by Crippen LogP contribution is 2.55. The SMILES string of the molecule is COC1C2C3C=CC(C3)C2C(=O)N1c1ccc(Br)c(C(F)(F)F)c1. The zero-order chi connectivity index (χ0) is 17.2. The topological polar surface area (TPSA) is 29.5 Å². The van der Waals surface area contributed by atoms with Crippen molar-refractivity contribution in [1.82, 2.24) is 0 Å². The molecule has 24 heavy (non-hydrogen) atoms. The van der Waals surface area contributed by atoms with Gasteiger partial charge in [-0.05, 0) is 36.5 Å². The van der Waals surface area contributed by atoms with E-state index in [1.54, 1.807) is 0 Å². The number of nitrogens with zero attached hydrogens (tertiary/aromatic N) is 1. The lowest BCUT2D eigenvalue weighted by atomic mass is 9.85. The Bertz CT molecular complexity index is 733. The maximum atomic E-state index is 13.2. The Morgan fingerprint density at radius 3 is 2.62 bits per heavy atom. The number of fused-ring (bicyclic) bond motifs is 5. The second-order valence-electron chi connectivity index (χ2n) is 6.55. The van der Waals surface area contributed by atoms with Gasteiger partial charge in [0.1, 0.15) is 6.23 Å². The van der Waals surface area contributed by atoms with Crippen LogP contribution in [0.15, 0.2) is 34.8 Å². The first-order valence-electron chi connectivity index (χ1n) is 7.74. The number of ether oxygens (including phenoxy) is 1. The third-order valence-corrected chi connectivity index (χ3v) is 6.09. The van der Waals surface area contributed by atoms with Gasteiger partial charge in [-0.1, -0.05) is 28.1 Å². The molecule has 128 valence electrons. The second-order valence-corrected chi connectivity index (χ2v) is 7.40. The van der Waals surface area contributed by atoms with Crippen LogP contribution in [0.5, 0.6) is 0 Å². The standard InChI is InChI=1S/C17H15BrF3NO2/c1-24-16-14-9-3-2-8(6-9)13(14)15(23)22(16)10-4-5-12(18)11(7-10)17(19,20)21/h2-5,7-9,13-14,16H,6H2,1H3. The molecule has 1 saturated carbocycles. The summed E-state index contributed by atoms with van der Waals surface area (Å²) < 4.78 is 45.1. The minimum atomic E-state index is -4.49. The number of carbonyl (C=O) groups is 1. The van der Waals surface area contributed by atoms with E-state index in [9.17, 15) is 18.0 Å².